The van der Waals surface area contributed by atoms with E-state index < -0.39 is 0 Å². The van der Waals surface area contributed by atoms with Crippen molar-refractivity contribution < 1.29 is 14.3 Å². The van der Waals surface area contributed by atoms with Crippen molar-refractivity contribution in [3.63, 3.8) is 0 Å². The topological polar surface area (TPSA) is 102 Å². The number of ether oxygens (including phenoxy) is 2. The third-order valence-corrected chi connectivity index (χ3v) is 5.12. The van der Waals surface area contributed by atoms with Crippen LogP contribution in [-0.4, -0.2) is 33.2 Å². The molecule has 0 aliphatic rings. The number of aromatic amines is 1. The molecule has 1 amide bonds. The van der Waals surface area contributed by atoms with Gasteiger partial charge >= 0.3 is 0 Å². The zero-order valence-electron chi connectivity index (χ0n) is 18.8. The van der Waals surface area contributed by atoms with Gasteiger partial charge in [-0.15, -0.1) is 0 Å². The quantitative estimate of drug-likeness (QED) is 0.427. The van der Waals surface area contributed by atoms with Crippen molar-refractivity contribution in [2.24, 2.45) is 0 Å². The van der Waals surface area contributed by atoms with Crippen LogP contribution in [0.2, 0.25) is 0 Å². The van der Waals surface area contributed by atoms with Crippen molar-refractivity contribution in [3.05, 3.63) is 89.0 Å². The molecule has 0 saturated heterocycles. The van der Waals surface area contributed by atoms with Crippen LogP contribution in [0, 0.1) is 13.8 Å². The molecule has 2 heterocycles. The van der Waals surface area contributed by atoms with E-state index in [1.54, 1.807) is 19.5 Å². The number of aryl methyl sites for hydroxylation is 2. The van der Waals surface area contributed by atoms with E-state index >= 15 is 0 Å². The van der Waals surface area contributed by atoms with Gasteiger partial charge in [-0.2, -0.15) is 5.10 Å². The van der Waals surface area contributed by atoms with E-state index in [-0.39, 0.29) is 12.5 Å². The highest BCUT2D eigenvalue weighted by atomic mass is 16.5. The van der Waals surface area contributed by atoms with E-state index in [4.69, 9.17) is 9.47 Å². The number of pyridine rings is 1. The average Bonchev–Trinajstić information content (AvgIpc) is 3.31. The standard InChI is InChI=1S/C25H25N5O3/c1-16-11-20(12-17(2)23(16)33-15-18-5-4-10-26-13-18)25(31)27-14-22-28-24(30-29-22)19-6-8-21(32-3)9-7-19/h4-13H,14-15H2,1-3H3,(H,27,31)(H,28,29,30). The lowest BCUT2D eigenvalue weighted by Gasteiger charge is -2.14. The summed E-state index contributed by atoms with van der Waals surface area (Å²) in [5, 5.41) is 9.99. The smallest absolute Gasteiger partial charge is 0.251 e. The van der Waals surface area contributed by atoms with Gasteiger partial charge in [0, 0.05) is 29.1 Å². The van der Waals surface area contributed by atoms with Gasteiger partial charge < -0.3 is 14.8 Å². The van der Waals surface area contributed by atoms with E-state index in [0.717, 1.165) is 33.8 Å². The van der Waals surface area contributed by atoms with Gasteiger partial charge in [0.2, 0.25) is 0 Å². The highest BCUT2D eigenvalue weighted by Crippen LogP contribution is 2.26. The van der Waals surface area contributed by atoms with E-state index in [9.17, 15) is 4.79 Å². The summed E-state index contributed by atoms with van der Waals surface area (Å²) < 4.78 is 11.1. The maximum atomic E-state index is 12.7. The van der Waals surface area contributed by atoms with Crippen LogP contribution in [0.1, 0.15) is 32.9 Å². The molecule has 0 spiro atoms. The van der Waals surface area contributed by atoms with Gasteiger partial charge in [0.25, 0.3) is 5.91 Å². The normalized spacial score (nSPS) is 10.6. The summed E-state index contributed by atoms with van der Waals surface area (Å²) in [5.41, 5.74) is 4.20. The maximum absolute atomic E-state index is 12.7. The van der Waals surface area contributed by atoms with Crippen LogP contribution in [-0.2, 0) is 13.2 Å². The lowest BCUT2D eigenvalue weighted by Crippen LogP contribution is -2.23. The largest absolute Gasteiger partial charge is 0.497 e. The second kappa shape index (κ2) is 9.95. The Morgan fingerprint density at radius 3 is 2.52 bits per heavy atom. The predicted molar refractivity (Wildman–Crippen MR) is 124 cm³/mol. The van der Waals surface area contributed by atoms with Crippen LogP contribution >= 0.6 is 0 Å². The predicted octanol–water partition coefficient (Wildman–Crippen LogP) is 4.00. The summed E-state index contributed by atoms with van der Waals surface area (Å²) in [6.07, 6.45) is 3.50. The number of methoxy groups -OCH3 is 1. The summed E-state index contributed by atoms with van der Waals surface area (Å²) in [4.78, 5) is 21.3. The third-order valence-electron chi connectivity index (χ3n) is 5.12. The number of hydrogen-bond donors (Lipinski definition) is 2. The minimum atomic E-state index is -0.192. The van der Waals surface area contributed by atoms with Crippen LogP contribution in [0.5, 0.6) is 11.5 Å². The Hall–Kier alpha value is -4.20. The van der Waals surface area contributed by atoms with E-state index in [0.29, 0.717) is 23.8 Å². The summed E-state index contributed by atoms with van der Waals surface area (Å²) in [6.45, 7) is 4.52. The van der Waals surface area contributed by atoms with Crippen LogP contribution in [0.4, 0.5) is 0 Å². The number of benzene rings is 2. The molecule has 2 aromatic heterocycles. The van der Waals surface area contributed by atoms with Crippen LogP contribution in [0.3, 0.4) is 0 Å². The van der Waals surface area contributed by atoms with Gasteiger partial charge in [0.05, 0.1) is 13.7 Å². The van der Waals surface area contributed by atoms with Gasteiger partial charge in [-0.05, 0) is 67.4 Å². The van der Waals surface area contributed by atoms with Gasteiger partial charge in [-0.1, -0.05) is 6.07 Å². The molecule has 2 N–H and O–H groups in total. The Morgan fingerprint density at radius 1 is 1.09 bits per heavy atom. The van der Waals surface area contributed by atoms with Crippen LogP contribution in [0.25, 0.3) is 11.4 Å². The molecule has 0 radical (unpaired) electrons. The van der Waals surface area contributed by atoms with Crippen molar-refractivity contribution in [2.45, 2.75) is 27.0 Å². The van der Waals surface area contributed by atoms with Crippen LogP contribution in [0.15, 0.2) is 60.9 Å². The SMILES string of the molecule is COc1ccc(-c2n[nH]c(CNC(=O)c3cc(C)c(OCc4cccnc4)c(C)c3)n2)cc1. The molecule has 0 aliphatic heterocycles. The first-order valence-corrected chi connectivity index (χ1v) is 10.5. The number of nitrogens with zero attached hydrogens (tertiary/aromatic N) is 3. The first-order valence-electron chi connectivity index (χ1n) is 10.5. The molecule has 33 heavy (non-hydrogen) atoms. The summed E-state index contributed by atoms with van der Waals surface area (Å²) in [7, 11) is 1.62. The van der Waals surface area contributed by atoms with Gasteiger partial charge in [-0.25, -0.2) is 4.98 Å². The maximum Gasteiger partial charge on any atom is 0.251 e. The number of hydrogen-bond acceptors (Lipinski definition) is 6. The summed E-state index contributed by atoms with van der Waals surface area (Å²) in [6, 6.07) is 14.9. The molecule has 0 saturated carbocycles. The molecular weight excluding hydrogens is 418 g/mol. The van der Waals surface area contributed by atoms with Crippen molar-refractivity contribution in [1.82, 2.24) is 25.5 Å². The molecule has 0 aliphatic carbocycles. The van der Waals surface area contributed by atoms with Crippen molar-refractivity contribution >= 4 is 5.91 Å². The molecule has 4 rings (SSSR count). The van der Waals surface area contributed by atoms with Gasteiger partial charge in [0.15, 0.2) is 5.82 Å². The fourth-order valence-corrected chi connectivity index (χ4v) is 3.46. The molecule has 168 valence electrons. The Kier molecular flexibility index (Phi) is 6.64. The molecule has 0 bridgehead atoms. The summed E-state index contributed by atoms with van der Waals surface area (Å²) in [5.74, 6) is 2.47. The molecule has 8 heteroatoms. The van der Waals surface area contributed by atoms with Crippen molar-refractivity contribution in [1.29, 1.82) is 0 Å². The van der Waals surface area contributed by atoms with Crippen LogP contribution < -0.4 is 14.8 Å². The Bertz CT molecular complexity index is 1210. The highest BCUT2D eigenvalue weighted by molar-refractivity contribution is 5.94. The number of nitrogens with one attached hydrogen (secondary N) is 2. The van der Waals surface area contributed by atoms with Gasteiger partial charge in [0.1, 0.15) is 23.9 Å². The minimum absolute atomic E-state index is 0.192. The summed E-state index contributed by atoms with van der Waals surface area (Å²) >= 11 is 0. The first-order chi connectivity index (χ1) is 16.0. The second-order valence-electron chi connectivity index (χ2n) is 7.61. The average molecular weight is 444 g/mol. The molecular formula is C25H25N5O3. The van der Waals surface area contributed by atoms with Gasteiger partial charge in [-0.3, -0.25) is 14.9 Å². The molecule has 0 unspecified atom stereocenters. The number of H-pyrrole nitrogens is 1. The Balaban J connectivity index is 1.38. The number of carbonyl (C=O) groups excluding carboxylic acids is 1. The van der Waals surface area contributed by atoms with E-state index in [1.807, 2.05) is 62.4 Å². The molecule has 8 nitrogen and oxygen atoms in total. The number of rotatable bonds is 8. The number of carbonyl (C=O) groups is 1. The lowest BCUT2D eigenvalue weighted by atomic mass is 10.0. The Morgan fingerprint density at radius 2 is 1.85 bits per heavy atom. The third kappa shape index (κ3) is 5.35. The van der Waals surface area contributed by atoms with E-state index in [2.05, 4.69) is 25.5 Å². The zero-order valence-corrected chi connectivity index (χ0v) is 18.8. The number of aromatic nitrogens is 4. The Labute approximate surface area is 192 Å². The zero-order chi connectivity index (χ0) is 23.2. The minimum Gasteiger partial charge on any atom is -0.497 e. The second-order valence-corrected chi connectivity index (χ2v) is 7.61. The first kappa shape index (κ1) is 22.0. The van der Waals surface area contributed by atoms with Crippen molar-refractivity contribution in [2.75, 3.05) is 7.11 Å². The fraction of sp³-hybridized carbons (Fsp3) is 0.200. The lowest BCUT2D eigenvalue weighted by molar-refractivity contribution is 0.0949. The van der Waals surface area contributed by atoms with E-state index in [1.165, 1.54) is 0 Å². The highest BCUT2D eigenvalue weighted by Gasteiger charge is 2.13. The molecule has 0 atom stereocenters. The molecule has 4 aromatic rings. The van der Waals surface area contributed by atoms with Crippen molar-refractivity contribution in [3.8, 4) is 22.9 Å². The monoisotopic (exact) mass is 443 g/mol. The molecule has 2 aromatic carbocycles. The number of amides is 1. The molecule has 0 fully saturated rings. The fourth-order valence-electron chi connectivity index (χ4n) is 3.46.